The molecule has 2 aromatic rings. The van der Waals surface area contributed by atoms with Crippen LogP contribution in [0.5, 0.6) is 0 Å². The molecule has 1 aliphatic carbocycles. The van der Waals surface area contributed by atoms with Gasteiger partial charge in [0.2, 0.25) is 5.91 Å². The van der Waals surface area contributed by atoms with Crippen LogP contribution in [0.4, 0.5) is 5.69 Å². The van der Waals surface area contributed by atoms with Crippen LogP contribution < -0.4 is 11.1 Å². The molecule has 0 aliphatic heterocycles. The maximum atomic E-state index is 12.3. The number of nitrogens with one attached hydrogen (secondary N) is 1. The van der Waals surface area contributed by atoms with E-state index in [4.69, 9.17) is 5.73 Å². The van der Waals surface area contributed by atoms with E-state index >= 15 is 0 Å². The first kappa shape index (κ1) is 14.6. The number of hydrogen-bond acceptors (Lipinski definition) is 2. The molecule has 0 saturated heterocycles. The van der Waals surface area contributed by atoms with Crippen LogP contribution >= 0.6 is 0 Å². The monoisotopic (exact) mass is 294 g/mol. The van der Waals surface area contributed by atoms with Gasteiger partial charge in [0.15, 0.2) is 0 Å². The van der Waals surface area contributed by atoms with Gasteiger partial charge in [0, 0.05) is 17.6 Å². The number of anilines is 1. The maximum Gasteiger partial charge on any atom is 0.224 e. The number of rotatable bonds is 4. The van der Waals surface area contributed by atoms with Gasteiger partial charge in [0.1, 0.15) is 0 Å². The highest BCUT2D eigenvalue weighted by Gasteiger charge is 2.29. The van der Waals surface area contributed by atoms with Crippen LogP contribution in [0.15, 0.2) is 54.6 Å². The third-order valence-electron chi connectivity index (χ3n) is 4.43. The van der Waals surface area contributed by atoms with Crippen molar-refractivity contribution >= 4 is 11.6 Å². The summed E-state index contributed by atoms with van der Waals surface area (Å²) in [6, 6.07) is 18.3. The summed E-state index contributed by atoms with van der Waals surface area (Å²) in [6.45, 7) is 0. The number of nitrogen functional groups attached to an aromatic ring is 1. The molecule has 0 aromatic heterocycles. The molecule has 2 aromatic carbocycles. The van der Waals surface area contributed by atoms with Gasteiger partial charge in [-0.2, -0.15) is 0 Å². The third-order valence-corrected chi connectivity index (χ3v) is 4.43. The fourth-order valence-corrected chi connectivity index (χ4v) is 3.31. The lowest BCUT2D eigenvalue weighted by Gasteiger charge is -2.21. The lowest BCUT2D eigenvalue weighted by Crippen LogP contribution is -2.37. The van der Waals surface area contributed by atoms with Crippen molar-refractivity contribution in [3.05, 3.63) is 65.7 Å². The summed E-state index contributed by atoms with van der Waals surface area (Å²) in [5.74, 6) is 0.536. The van der Waals surface area contributed by atoms with E-state index in [1.54, 1.807) is 0 Å². The number of carbonyl (C=O) groups excluding carboxylic acids is 1. The van der Waals surface area contributed by atoms with Gasteiger partial charge in [-0.15, -0.1) is 0 Å². The molecule has 0 spiro atoms. The average Bonchev–Trinajstić information content (AvgIpc) is 2.98. The van der Waals surface area contributed by atoms with Gasteiger partial charge in [0.25, 0.3) is 0 Å². The van der Waals surface area contributed by atoms with E-state index in [0.717, 1.165) is 24.1 Å². The molecule has 1 saturated carbocycles. The van der Waals surface area contributed by atoms with Crippen molar-refractivity contribution in [2.45, 2.75) is 37.6 Å². The largest absolute Gasteiger partial charge is 0.399 e. The Bertz CT molecular complexity index is 622. The average molecular weight is 294 g/mol. The first-order valence-corrected chi connectivity index (χ1v) is 7.91. The Labute approximate surface area is 131 Å². The van der Waals surface area contributed by atoms with Gasteiger partial charge >= 0.3 is 0 Å². The number of hydrogen-bond donors (Lipinski definition) is 2. The molecule has 0 bridgehead atoms. The van der Waals surface area contributed by atoms with Gasteiger partial charge in [-0.25, -0.2) is 0 Å². The highest BCUT2D eigenvalue weighted by molar-refractivity contribution is 5.79. The van der Waals surface area contributed by atoms with Crippen molar-refractivity contribution in [2.24, 2.45) is 0 Å². The van der Waals surface area contributed by atoms with E-state index in [2.05, 4.69) is 29.6 Å². The molecule has 3 N–H and O–H groups in total. The van der Waals surface area contributed by atoms with E-state index < -0.39 is 0 Å². The normalized spacial score (nSPS) is 20.7. The van der Waals surface area contributed by atoms with Crippen molar-refractivity contribution in [2.75, 3.05) is 5.73 Å². The van der Waals surface area contributed by atoms with Crippen LogP contribution in [0.2, 0.25) is 0 Å². The summed E-state index contributed by atoms with van der Waals surface area (Å²) in [7, 11) is 0. The Morgan fingerprint density at radius 1 is 1.05 bits per heavy atom. The van der Waals surface area contributed by atoms with Gasteiger partial charge < -0.3 is 11.1 Å². The number of carbonyl (C=O) groups is 1. The zero-order chi connectivity index (χ0) is 15.4. The van der Waals surface area contributed by atoms with Gasteiger partial charge in [-0.1, -0.05) is 48.9 Å². The van der Waals surface area contributed by atoms with Gasteiger partial charge in [-0.05, 0) is 36.1 Å². The topological polar surface area (TPSA) is 55.1 Å². The van der Waals surface area contributed by atoms with Crippen LogP contribution in [0.25, 0.3) is 0 Å². The number of amides is 1. The summed E-state index contributed by atoms with van der Waals surface area (Å²) in [6.07, 6.45) is 3.80. The Kier molecular flexibility index (Phi) is 4.42. The predicted octanol–water partition coefficient (Wildman–Crippen LogP) is 3.26. The van der Waals surface area contributed by atoms with Gasteiger partial charge in [0.05, 0.1) is 6.42 Å². The fourth-order valence-electron chi connectivity index (χ4n) is 3.31. The van der Waals surface area contributed by atoms with E-state index in [1.807, 2.05) is 30.3 Å². The Morgan fingerprint density at radius 3 is 2.50 bits per heavy atom. The molecule has 114 valence electrons. The predicted molar refractivity (Wildman–Crippen MR) is 89.5 cm³/mol. The second-order valence-corrected chi connectivity index (χ2v) is 6.04. The molecule has 1 amide bonds. The standard InChI is InChI=1S/C19H22N2O/c20-16-11-9-14(10-12-16)13-19(22)21-18-8-4-7-17(18)15-5-2-1-3-6-15/h1-3,5-6,9-12,17-18H,4,7-8,13,20H2,(H,21,22). The summed E-state index contributed by atoms with van der Waals surface area (Å²) in [5.41, 5.74) is 8.73. The summed E-state index contributed by atoms with van der Waals surface area (Å²) in [5, 5.41) is 3.22. The highest BCUT2D eigenvalue weighted by atomic mass is 16.1. The van der Waals surface area contributed by atoms with Crippen molar-refractivity contribution in [1.29, 1.82) is 0 Å². The number of benzene rings is 2. The first-order chi connectivity index (χ1) is 10.7. The molecular formula is C19H22N2O. The van der Waals surface area contributed by atoms with Gasteiger partial charge in [-0.3, -0.25) is 4.79 Å². The molecule has 3 heteroatoms. The van der Waals surface area contributed by atoms with Crippen LogP contribution in [0.1, 0.15) is 36.3 Å². The minimum Gasteiger partial charge on any atom is -0.399 e. The van der Waals surface area contributed by atoms with Crippen molar-refractivity contribution in [3.8, 4) is 0 Å². The third kappa shape index (κ3) is 3.48. The van der Waals surface area contributed by atoms with E-state index in [9.17, 15) is 4.79 Å². The smallest absolute Gasteiger partial charge is 0.224 e. The Morgan fingerprint density at radius 2 is 1.77 bits per heavy atom. The van der Waals surface area contributed by atoms with Crippen LogP contribution in [0, 0.1) is 0 Å². The second-order valence-electron chi connectivity index (χ2n) is 6.04. The highest BCUT2D eigenvalue weighted by Crippen LogP contribution is 2.34. The van der Waals surface area contributed by atoms with Crippen molar-refractivity contribution < 1.29 is 4.79 Å². The molecule has 2 unspecified atom stereocenters. The molecule has 0 radical (unpaired) electrons. The van der Waals surface area contributed by atoms with Crippen LogP contribution in [0.3, 0.4) is 0 Å². The minimum absolute atomic E-state index is 0.0950. The first-order valence-electron chi connectivity index (χ1n) is 7.91. The second kappa shape index (κ2) is 6.65. The maximum absolute atomic E-state index is 12.3. The zero-order valence-electron chi connectivity index (χ0n) is 12.7. The molecule has 22 heavy (non-hydrogen) atoms. The summed E-state index contributed by atoms with van der Waals surface area (Å²) in [4.78, 5) is 12.3. The molecule has 3 rings (SSSR count). The molecular weight excluding hydrogens is 272 g/mol. The lowest BCUT2D eigenvalue weighted by atomic mass is 9.94. The lowest BCUT2D eigenvalue weighted by molar-refractivity contribution is -0.121. The minimum atomic E-state index is 0.0950. The van der Waals surface area contributed by atoms with E-state index in [-0.39, 0.29) is 11.9 Å². The molecule has 1 aliphatic rings. The Hall–Kier alpha value is -2.29. The number of nitrogens with two attached hydrogens (primary N) is 1. The molecule has 2 atom stereocenters. The van der Waals surface area contributed by atoms with Crippen molar-refractivity contribution in [3.63, 3.8) is 0 Å². The van der Waals surface area contributed by atoms with Crippen LogP contribution in [-0.2, 0) is 11.2 Å². The fraction of sp³-hybridized carbons (Fsp3) is 0.316. The van der Waals surface area contributed by atoms with Crippen molar-refractivity contribution in [1.82, 2.24) is 5.32 Å². The molecule has 1 fully saturated rings. The zero-order valence-corrected chi connectivity index (χ0v) is 12.7. The molecule has 0 heterocycles. The van der Waals surface area contributed by atoms with E-state index in [0.29, 0.717) is 12.3 Å². The summed E-state index contributed by atoms with van der Waals surface area (Å²) >= 11 is 0. The summed E-state index contributed by atoms with van der Waals surface area (Å²) < 4.78 is 0. The SMILES string of the molecule is Nc1ccc(CC(=O)NC2CCCC2c2ccccc2)cc1. The van der Waals surface area contributed by atoms with E-state index in [1.165, 1.54) is 12.0 Å². The quantitative estimate of drug-likeness (QED) is 0.850. The molecule has 3 nitrogen and oxygen atoms in total. The Balaban J connectivity index is 1.62. The van der Waals surface area contributed by atoms with Crippen LogP contribution in [-0.4, -0.2) is 11.9 Å².